The van der Waals surface area contributed by atoms with Crippen LogP contribution in [0.3, 0.4) is 0 Å². The standard InChI is InChI=1S/C9H17N.2C8H15N.C7H13N.2C7H15N.2C6H13N/c1-7-3-4-8-5-6-9(7)10(8)2;1-7-6-9-4-2-8(7)3-5-9;1-7-5-9-4-2-3-8(7)6-9;1-6-4-8-3-2-7(6)5-8;1-7-3-5-8(2)6-4-7;1-7-4-3-5-8(2)6-7;1-6-3-4-7(2)5-6;1-6-4-3-5-7(6)2/h7-9H,3-6H2,1-2H3;2*7-8H,2-6H2,1H3;6-7H,2-5H2,1H3;2*7H,3-6H2,1-2H3;2*6H,3-5H2,1-2H3. The quantitative estimate of drug-likeness (QED) is 0.237. The monoisotopic (exact) mass is 925 g/mol. The van der Waals surface area contributed by atoms with Gasteiger partial charge >= 0.3 is 0 Å². The second-order valence-corrected chi connectivity index (χ2v) is 25.7. The number of likely N-dealkylation sites (tertiary alicyclic amines) is 4. The minimum Gasteiger partial charge on any atom is -0.306 e. The molecular weight excluding hydrogens is 809 g/mol. The Morgan fingerprint density at radius 2 is 0.788 bits per heavy atom. The lowest BCUT2D eigenvalue weighted by molar-refractivity contribution is 0.0603. The molecule has 0 aliphatic carbocycles. The Kier molecular flexibility index (Phi) is 25.1. The summed E-state index contributed by atoms with van der Waals surface area (Å²) in [5, 5.41) is 0. The molecular formula is C58H116N8. The van der Waals surface area contributed by atoms with Gasteiger partial charge in [0.15, 0.2) is 0 Å². The zero-order valence-corrected chi connectivity index (χ0v) is 46.7. The van der Waals surface area contributed by atoms with E-state index in [4.69, 9.17) is 0 Å². The molecule has 388 valence electrons. The highest BCUT2D eigenvalue weighted by molar-refractivity contribution is 4.93. The second kappa shape index (κ2) is 29.3. The molecule has 13 fully saturated rings. The van der Waals surface area contributed by atoms with Gasteiger partial charge in [-0.2, -0.15) is 0 Å². The zero-order chi connectivity index (χ0) is 47.8. The van der Waals surface area contributed by atoms with Crippen LogP contribution in [0.2, 0.25) is 0 Å². The van der Waals surface area contributed by atoms with E-state index in [1.165, 1.54) is 207 Å². The molecule has 0 aromatic carbocycles. The van der Waals surface area contributed by atoms with Gasteiger partial charge in [0.05, 0.1) is 0 Å². The first-order valence-electron chi connectivity index (χ1n) is 29.2. The maximum absolute atomic E-state index is 2.61. The van der Waals surface area contributed by atoms with Crippen LogP contribution >= 0.6 is 0 Å². The van der Waals surface area contributed by atoms with Crippen LogP contribution < -0.4 is 0 Å². The third kappa shape index (κ3) is 19.4. The number of piperidine rings is 8. The first-order valence-corrected chi connectivity index (χ1v) is 29.2. The summed E-state index contributed by atoms with van der Waals surface area (Å²) in [6, 6.07) is 2.72. The van der Waals surface area contributed by atoms with Crippen LogP contribution in [0.25, 0.3) is 0 Å². The van der Waals surface area contributed by atoms with Crippen LogP contribution in [0.1, 0.15) is 158 Å². The molecule has 13 rings (SSSR count). The highest BCUT2D eigenvalue weighted by atomic mass is 15.2. The van der Waals surface area contributed by atoms with Gasteiger partial charge in [-0.25, -0.2) is 0 Å². The van der Waals surface area contributed by atoms with Crippen molar-refractivity contribution in [3.63, 3.8) is 0 Å². The summed E-state index contributed by atoms with van der Waals surface area (Å²) in [5.41, 5.74) is 0. The predicted octanol–water partition coefficient (Wildman–Crippen LogP) is 10.3. The van der Waals surface area contributed by atoms with Gasteiger partial charge in [0.25, 0.3) is 0 Å². The molecule has 66 heavy (non-hydrogen) atoms. The summed E-state index contributed by atoms with van der Waals surface area (Å²) in [7, 11) is 11.1. The van der Waals surface area contributed by atoms with Crippen molar-refractivity contribution in [3.05, 3.63) is 0 Å². The third-order valence-electron chi connectivity index (χ3n) is 19.4. The van der Waals surface area contributed by atoms with Crippen molar-refractivity contribution < 1.29 is 0 Å². The van der Waals surface area contributed by atoms with Gasteiger partial charge < -0.3 is 39.2 Å². The molecule has 8 bridgehead atoms. The Hall–Kier alpha value is -0.320. The van der Waals surface area contributed by atoms with E-state index in [-0.39, 0.29) is 0 Å². The van der Waals surface area contributed by atoms with Crippen molar-refractivity contribution in [2.24, 2.45) is 59.2 Å². The van der Waals surface area contributed by atoms with Gasteiger partial charge in [-0.15, -0.1) is 0 Å². The fraction of sp³-hybridized carbons (Fsp3) is 1.00. The molecule has 8 nitrogen and oxygen atoms in total. The van der Waals surface area contributed by atoms with Gasteiger partial charge in [-0.3, -0.25) is 0 Å². The van der Waals surface area contributed by atoms with E-state index in [1.807, 2.05) is 0 Å². The lowest BCUT2D eigenvalue weighted by Gasteiger charge is -2.43. The summed E-state index contributed by atoms with van der Waals surface area (Å²) >= 11 is 0. The van der Waals surface area contributed by atoms with Gasteiger partial charge in [-0.1, -0.05) is 48.5 Å². The molecule has 13 saturated heterocycles. The smallest absolute Gasteiger partial charge is 0.0121 e. The van der Waals surface area contributed by atoms with Crippen LogP contribution in [0.4, 0.5) is 0 Å². The minimum atomic E-state index is 0.847. The Labute approximate surface area is 413 Å². The van der Waals surface area contributed by atoms with E-state index in [9.17, 15) is 0 Å². The molecule has 0 saturated carbocycles. The number of nitrogens with zero attached hydrogens (tertiary/aromatic N) is 8. The summed E-state index contributed by atoms with van der Waals surface area (Å²) in [6.45, 7) is 40.5. The Balaban J connectivity index is 0.000000142. The Bertz CT molecular complexity index is 1210. The minimum absolute atomic E-state index is 0.847. The topological polar surface area (TPSA) is 25.9 Å². The summed E-state index contributed by atoms with van der Waals surface area (Å²) < 4.78 is 0. The van der Waals surface area contributed by atoms with E-state index in [0.717, 1.165) is 77.3 Å². The van der Waals surface area contributed by atoms with Crippen LogP contribution in [-0.2, 0) is 0 Å². The molecule has 0 aromatic heterocycles. The summed E-state index contributed by atoms with van der Waals surface area (Å²) in [5.74, 6) is 10.0. The van der Waals surface area contributed by atoms with Gasteiger partial charge in [-0.05, 0) is 263 Å². The first kappa shape index (κ1) is 56.6. The molecule has 0 amide bonds. The van der Waals surface area contributed by atoms with Crippen LogP contribution in [0, 0.1) is 59.2 Å². The van der Waals surface area contributed by atoms with E-state index in [1.54, 1.807) is 0 Å². The molecule has 13 heterocycles. The lowest BCUT2D eigenvalue weighted by atomic mass is 9.80. The number of fused-ring (bicyclic) bond motifs is 9. The molecule has 13 unspecified atom stereocenters. The maximum Gasteiger partial charge on any atom is 0.0121 e. The average molecular weight is 926 g/mol. The van der Waals surface area contributed by atoms with Crippen LogP contribution in [0.5, 0.6) is 0 Å². The normalized spacial score (nSPS) is 41.7. The Morgan fingerprint density at radius 1 is 0.303 bits per heavy atom. The highest BCUT2D eigenvalue weighted by Crippen LogP contribution is 2.37. The number of hydrogen-bond donors (Lipinski definition) is 0. The number of hydrogen-bond acceptors (Lipinski definition) is 8. The second-order valence-electron chi connectivity index (χ2n) is 25.7. The molecule has 13 aliphatic rings. The first-order chi connectivity index (χ1) is 31.5. The SMILES string of the molecule is CC1CCC2CCC1N2C.CC1CCCN(C)C1.CC1CCCN1C.CC1CCN(C)C1.CC1CCN(C)CC1.CC1CN2CCC1C2.CC1CN2CCC1CC2.CC1CN2CCCC1C2. The van der Waals surface area contributed by atoms with Crippen molar-refractivity contribution >= 4 is 0 Å². The molecule has 8 heteroatoms. The maximum atomic E-state index is 2.61. The van der Waals surface area contributed by atoms with Crippen molar-refractivity contribution in [2.75, 3.05) is 140 Å². The van der Waals surface area contributed by atoms with E-state index in [2.05, 4.69) is 130 Å². The van der Waals surface area contributed by atoms with E-state index in [0.29, 0.717) is 0 Å². The van der Waals surface area contributed by atoms with Crippen LogP contribution in [-0.4, -0.2) is 197 Å². The van der Waals surface area contributed by atoms with E-state index < -0.39 is 0 Å². The largest absolute Gasteiger partial charge is 0.306 e. The van der Waals surface area contributed by atoms with Crippen molar-refractivity contribution in [1.29, 1.82) is 0 Å². The summed E-state index contributed by atoms with van der Waals surface area (Å²) in [6.07, 6.45) is 23.1. The fourth-order valence-electron chi connectivity index (χ4n) is 14.1. The zero-order valence-electron chi connectivity index (χ0n) is 46.7. The third-order valence-corrected chi connectivity index (χ3v) is 19.4. The average Bonchev–Trinajstić information content (AvgIpc) is 4.16. The van der Waals surface area contributed by atoms with Crippen molar-refractivity contribution in [1.82, 2.24) is 39.2 Å². The van der Waals surface area contributed by atoms with E-state index >= 15 is 0 Å². The van der Waals surface area contributed by atoms with Crippen molar-refractivity contribution in [3.8, 4) is 0 Å². The predicted molar refractivity (Wildman–Crippen MR) is 288 cm³/mol. The number of rotatable bonds is 0. The van der Waals surface area contributed by atoms with Gasteiger partial charge in [0, 0.05) is 63.9 Å². The molecule has 0 aromatic rings. The van der Waals surface area contributed by atoms with Gasteiger partial charge in [0.1, 0.15) is 0 Å². The Morgan fingerprint density at radius 3 is 1.17 bits per heavy atom. The molecule has 0 N–H and O–H groups in total. The lowest BCUT2D eigenvalue weighted by Crippen LogP contribution is -2.46. The van der Waals surface area contributed by atoms with Crippen LogP contribution in [0.15, 0.2) is 0 Å². The molecule has 13 atom stereocenters. The summed E-state index contributed by atoms with van der Waals surface area (Å²) in [4.78, 5) is 20.0. The molecule has 0 spiro atoms. The fourth-order valence-corrected chi connectivity index (χ4v) is 14.1. The van der Waals surface area contributed by atoms with Gasteiger partial charge in [0.2, 0.25) is 0 Å². The molecule has 0 radical (unpaired) electrons. The molecule has 13 aliphatic heterocycles. The van der Waals surface area contributed by atoms with Crippen molar-refractivity contribution in [2.45, 2.75) is 176 Å². The highest BCUT2D eigenvalue weighted by Gasteiger charge is 2.38.